The highest BCUT2D eigenvalue weighted by Gasteiger charge is 2.39. The zero-order chi connectivity index (χ0) is 12.3. The molecular weight excluding hydrogens is 232 g/mol. The summed E-state index contributed by atoms with van der Waals surface area (Å²) >= 11 is 1.97. The highest BCUT2D eigenvalue weighted by atomic mass is 32.2. The van der Waals surface area contributed by atoms with E-state index in [9.17, 15) is 4.79 Å². The largest absolute Gasteiger partial charge is 0.351 e. The molecule has 0 spiro atoms. The van der Waals surface area contributed by atoms with Gasteiger partial charge in [-0.2, -0.15) is 11.8 Å². The van der Waals surface area contributed by atoms with Crippen molar-refractivity contribution in [2.24, 2.45) is 5.73 Å². The minimum absolute atomic E-state index is 0.101. The van der Waals surface area contributed by atoms with E-state index in [0.717, 1.165) is 37.9 Å². The molecule has 0 aliphatic heterocycles. The predicted octanol–water partition coefficient (Wildman–Crippen LogP) is 2.05. The number of amides is 1. The number of hydrogen-bond donors (Lipinski definition) is 2. The Balaban J connectivity index is 1.89. The molecule has 17 heavy (non-hydrogen) atoms. The first kappa shape index (κ1) is 13.2. The van der Waals surface area contributed by atoms with Crippen LogP contribution in [0.4, 0.5) is 0 Å². The van der Waals surface area contributed by atoms with Gasteiger partial charge in [-0.15, -0.1) is 0 Å². The second kappa shape index (κ2) is 5.61. The van der Waals surface area contributed by atoms with E-state index < -0.39 is 5.54 Å². The standard InChI is InChI=1S/C13H24N2OS/c1-2-17-11-7-5-6-10(11)15-12(16)13(14)8-3-4-9-13/h10-11H,2-9,14H2,1H3,(H,15,16). The lowest BCUT2D eigenvalue weighted by Crippen LogP contribution is -2.55. The molecule has 0 aromatic rings. The molecule has 2 saturated carbocycles. The molecule has 2 unspecified atom stereocenters. The van der Waals surface area contributed by atoms with Gasteiger partial charge in [0.05, 0.1) is 5.54 Å². The molecule has 4 heteroatoms. The molecule has 3 N–H and O–H groups in total. The van der Waals surface area contributed by atoms with Crippen molar-refractivity contribution in [3.63, 3.8) is 0 Å². The summed E-state index contributed by atoms with van der Waals surface area (Å²) in [7, 11) is 0. The molecule has 3 nitrogen and oxygen atoms in total. The third kappa shape index (κ3) is 2.97. The monoisotopic (exact) mass is 256 g/mol. The van der Waals surface area contributed by atoms with Crippen molar-refractivity contribution in [3.8, 4) is 0 Å². The van der Waals surface area contributed by atoms with Crippen LogP contribution in [0.5, 0.6) is 0 Å². The van der Waals surface area contributed by atoms with E-state index in [1.807, 2.05) is 11.8 Å². The Morgan fingerprint density at radius 2 is 2.06 bits per heavy atom. The van der Waals surface area contributed by atoms with Gasteiger partial charge in [-0.25, -0.2) is 0 Å². The van der Waals surface area contributed by atoms with Gasteiger partial charge in [0, 0.05) is 11.3 Å². The molecule has 2 atom stereocenters. The van der Waals surface area contributed by atoms with Gasteiger partial charge in [0.15, 0.2) is 0 Å². The lowest BCUT2D eigenvalue weighted by molar-refractivity contribution is -0.126. The van der Waals surface area contributed by atoms with Crippen molar-refractivity contribution >= 4 is 17.7 Å². The number of carbonyl (C=O) groups is 1. The van der Waals surface area contributed by atoms with Gasteiger partial charge in [0.1, 0.15) is 0 Å². The van der Waals surface area contributed by atoms with Crippen LogP contribution >= 0.6 is 11.8 Å². The van der Waals surface area contributed by atoms with Crippen LogP contribution in [0.1, 0.15) is 51.9 Å². The van der Waals surface area contributed by atoms with Gasteiger partial charge in [-0.05, 0) is 31.4 Å². The molecule has 2 aliphatic rings. The first-order valence-corrected chi connectivity index (χ1v) is 7.92. The molecule has 0 saturated heterocycles. The van der Waals surface area contributed by atoms with Crippen molar-refractivity contribution in [3.05, 3.63) is 0 Å². The summed E-state index contributed by atoms with van der Waals surface area (Å²) in [5.74, 6) is 1.23. The predicted molar refractivity (Wildman–Crippen MR) is 73.1 cm³/mol. The molecular formula is C13H24N2OS. The Labute approximate surface area is 108 Å². The average molecular weight is 256 g/mol. The smallest absolute Gasteiger partial charge is 0.240 e. The molecule has 2 rings (SSSR count). The second-order valence-electron chi connectivity index (χ2n) is 5.37. The van der Waals surface area contributed by atoms with E-state index in [-0.39, 0.29) is 5.91 Å². The van der Waals surface area contributed by atoms with Gasteiger partial charge in [0.2, 0.25) is 5.91 Å². The zero-order valence-electron chi connectivity index (χ0n) is 10.7. The molecule has 1 amide bonds. The summed E-state index contributed by atoms with van der Waals surface area (Å²) in [5, 5.41) is 3.82. The molecule has 0 aromatic heterocycles. The summed E-state index contributed by atoms with van der Waals surface area (Å²) < 4.78 is 0. The topological polar surface area (TPSA) is 55.1 Å². The first-order valence-electron chi connectivity index (χ1n) is 6.87. The van der Waals surface area contributed by atoms with Crippen LogP contribution in [0.15, 0.2) is 0 Å². The summed E-state index contributed by atoms with van der Waals surface area (Å²) in [4.78, 5) is 12.2. The van der Waals surface area contributed by atoms with Crippen molar-refractivity contribution in [2.75, 3.05) is 5.75 Å². The minimum Gasteiger partial charge on any atom is -0.351 e. The van der Waals surface area contributed by atoms with Crippen molar-refractivity contribution in [2.45, 2.75) is 68.7 Å². The molecule has 0 radical (unpaired) electrons. The Morgan fingerprint density at radius 3 is 2.71 bits per heavy atom. The number of hydrogen-bond acceptors (Lipinski definition) is 3. The number of thioether (sulfide) groups is 1. The third-order valence-corrected chi connectivity index (χ3v) is 5.42. The van der Waals surface area contributed by atoms with Gasteiger partial charge in [-0.1, -0.05) is 26.2 Å². The van der Waals surface area contributed by atoms with Crippen LogP contribution in [0, 0.1) is 0 Å². The highest BCUT2D eigenvalue weighted by Crippen LogP contribution is 2.32. The number of nitrogens with two attached hydrogens (primary N) is 1. The van der Waals surface area contributed by atoms with Crippen LogP contribution in [-0.2, 0) is 4.79 Å². The van der Waals surface area contributed by atoms with E-state index in [0.29, 0.717) is 11.3 Å². The molecule has 2 aliphatic carbocycles. The Kier molecular flexibility index (Phi) is 4.36. The fourth-order valence-corrected chi connectivity index (χ4v) is 4.25. The van der Waals surface area contributed by atoms with Crippen LogP contribution < -0.4 is 11.1 Å². The maximum absolute atomic E-state index is 12.2. The molecule has 0 bridgehead atoms. The third-order valence-electron chi connectivity index (χ3n) is 4.10. The number of rotatable bonds is 4. The van der Waals surface area contributed by atoms with Crippen molar-refractivity contribution in [1.29, 1.82) is 0 Å². The molecule has 98 valence electrons. The van der Waals surface area contributed by atoms with E-state index in [1.165, 1.54) is 12.8 Å². The fourth-order valence-electron chi connectivity index (χ4n) is 3.05. The lowest BCUT2D eigenvalue weighted by atomic mass is 9.97. The maximum atomic E-state index is 12.2. The minimum atomic E-state index is -0.565. The molecule has 0 heterocycles. The fraction of sp³-hybridized carbons (Fsp3) is 0.923. The highest BCUT2D eigenvalue weighted by molar-refractivity contribution is 7.99. The van der Waals surface area contributed by atoms with Crippen LogP contribution in [0.2, 0.25) is 0 Å². The summed E-state index contributed by atoms with van der Waals surface area (Å²) in [6.07, 6.45) is 7.51. The SMILES string of the molecule is CCSC1CCCC1NC(=O)C1(N)CCCC1. The van der Waals surface area contributed by atoms with Gasteiger partial charge < -0.3 is 11.1 Å². The van der Waals surface area contributed by atoms with Crippen LogP contribution in [-0.4, -0.2) is 28.5 Å². The van der Waals surface area contributed by atoms with Gasteiger partial charge in [0.25, 0.3) is 0 Å². The van der Waals surface area contributed by atoms with Gasteiger partial charge >= 0.3 is 0 Å². The van der Waals surface area contributed by atoms with Crippen molar-refractivity contribution in [1.82, 2.24) is 5.32 Å². The average Bonchev–Trinajstić information content (AvgIpc) is 2.90. The van der Waals surface area contributed by atoms with Crippen LogP contribution in [0.3, 0.4) is 0 Å². The van der Waals surface area contributed by atoms with E-state index in [1.54, 1.807) is 0 Å². The normalized spacial score (nSPS) is 31.6. The summed E-state index contributed by atoms with van der Waals surface area (Å²) in [5.41, 5.74) is 5.62. The Morgan fingerprint density at radius 1 is 1.35 bits per heavy atom. The van der Waals surface area contributed by atoms with Crippen LogP contribution in [0.25, 0.3) is 0 Å². The van der Waals surface area contributed by atoms with Gasteiger partial charge in [-0.3, -0.25) is 4.79 Å². The first-order chi connectivity index (χ1) is 8.15. The quantitative estimate of drug-likeness (QED) is 0.809. The summed E-state index contributed by atoms with van der Waals surface area (Å²) in [6, 6.07) is 0.355. The van der Waals surface area contributed by atoms with E-state index >= 15 is 0 Å². The van der Waals surface area contributed by atoms with E-state index in [4.69, 9.17) is 5.73 Å². The summed E-state index contributed by atoms with van der Waals surface area (Å²) in [6.45, 7) is 2.18. The lowest BCUT2D eigenvalue weighted by Gasteiger charge is -2.27. The maximum Gasteiger partial charge on any atom is 0.240 e. The Hall–Kier alpha value is -0.220. The van der Waals surface area contributed by atoms with E-state index in [2.05, 4.69) is 12.2 Å². The number of carbonyl (C=O) groups excluding carboxylic acids is 1. The molecule has 0 aromatic carbocycles. The zero-order valence-corrected chi connectivity index (χ0v) is 11.5. The molecule has 2 fully saturated rings. The Bertz CT molecular complexity index is 277. The number of nitrogens with one attached hydrogen (secondary N) is 1. The van der Waals surface area contributed by atoms with Crippen molar-refractivity contribution < 1.29 is 4.79 Å². The second-order valence-corrected chi connectivity index (χ2v) is 6.88.